The Morgan fingerprint density at radius 3 is 3.00 bits per heavy atom. The molecule has 1 aliphatic rings. The monoisotopic (exact) mass is 369 g/mol. The summed E-state index contributed by atoms with van der Waals surface area (Å²) >= 11 is 1.46. The van der Waals surface area contributed by atoms with Crippen molar-refractivity contribution in [1.82, 2.24) is 15.0 Å². The largest absolute Gasteiger partial charge is 0.493 e. The van der Waals surface area contributed by atoms with Gasteiger partial charge in [0.15, 0.2) is 5.82 Å². The Hall–Kier alpha value is -2.67. The second kappa shape index (κ2) is 7.29. The van der Waals surface area contributed by atoms with Crippen LogP contribution in [-0.4, -0.2) is 40.6 Å². The topological polar surface area (TPSA) is 68.5 Å². The molecule has 0 spiro atoms. The summed E-state index contributed by atoms with van der Waals surface area (Å²) < 4.78 is 11.1. The predicted octanol–water partition coefficient (Wildman–Crippen LogP) is 3.30. The highest BCUT2D eigenvalue weighted by Crippen LogP contribution is 2.28. The van der Waals surface area contributed by atoms with Crippen LogP contribution >= 0.6 is 11.3 Å². The maximum absolute atomic E-state index is 12.2. The number of carbonyl (C=O) groups excluding carboxylic acids is 1. The summed E-state index contributed by atoms with van der Waals surface area (Å²) in [6, 6.07) is 11.7. The summed E-state index contributed by atoms with van der Waals surface area (Å²) in [7, 11) is 0. The Labute approximate surface area is 155 Å². The molecule has 3 aromatic rings. The maximum Gasteiger partial charge on any atom is 0.263 e. The van der Waals surface area contributed by atoms with Crippen LogP contribution in [0.15, 0.2) is 46.3 Å². The summed E-state index contributed by atoms with van der Waals surface area (Å²) in [6.07, 6.45) is 0.585. The highest BCUT2D eigenvalue weighted by Gasteiger charge is 2.36. The first-order valence-electron chi connectivity index (χ1n) is 8.54. The lowest BCUT2D eigenvalue weighted by molar-refractivity contribution is 0.0574. The van der Waals surface area contributed by atoms with E-state index in [1.807, 2.05) is 48.7 Å². The molecule has 0 N–H and O–H groups in total. The van der Waals surface area contributed by atoms with E-state index in [1.165, 1.54) is 11.3 Å². The summed E-state index contributed by atoms with van der Waals surface area (Å²) in [5, 5.41) is 5.93. The van der Waals surface area contributed by atoms with Gasteiger partial charge in [0, 0.05) is 19.5 Å². The Balaban J connectivity index is 1.26. The summed E-state index contributed by atoms with van der Waals surface area (Å²) in [4.78, 5) is 19.2. The molecule has 1 saturated heterocycles. The van der Waals surface area contributed by atoms with Crippen molar-refractivity contribution in [2.24, 2.45) is 0 Å². The molecule has 1 aromatic carbocycles. The van der Waals surface area contributed by atoms with Gasteiger partial charge in [-0.05, 0) is 36.1 Å². The van der Waals surface area contributed by atoms with Crippen molar-refractivity contribution in [2.75, 3.05) is 19.7 Å². The van der Waals surface area contributed by atoms with Crippen LogP contribution in [0.5, 0.6) is 5.75 Å². The maximum atomic E-state index is 12.2. The lowest BCUT2D eigenvalue weighted by Crippen LogP contribution is -2.48. The lowest BCUT2D eigenvalue weighted by atomic mass is 10.00. The molecule has 3 heterocycles. The average Bonchev–Trinajstić information content (AvgIpc) is 3.25. The van der Waals surface area contributed by atoms with E-state index in [0.29, 0.717) is 37.8 Å². The predicted molar refractivity (Wildman–Crippen MR) is 97.6 cm³/mol. The molecule has 0 aliphatic carbocycles. The molecule has 0 bridgehead atoms. The molecular weight excluding hydrogens is 350 g/mol. The molecule has 0 radical (unpaired) electrons. The van der Waals surface area contributed by atoms with Crippen LogP contribution in [-0.2, 0) is 6.42 Å². The van der Waals surface area contributed by atoms with Crippen LogP contribution in [0.1, 0.15) is 32.9 Å². The van der Waals surface area contributed by atoms with Gasteiger partial charge in [0.2, 0.25) is 5.89 Å². The fourth-order valence-electron chi connectivity index (χ4n) is 2.86. The second-order valence-corrected chi connectivity index (χ2v) is 7.30. The zero-order valence-corrected chi connectivity index (χ0v) is 15.2. The normalized spacial score (nSPS) is 14.3. The number of aryl methyl sites for hydroxylation is 1. The quantitative estimate of drug-likeness (QED) is 0.667. The zero-order chi connectivity index (χ0) is 17.9. The first-order chi connectivity index (χ1) is 12.7. The van der Waals surface area contributed by atoms with Crippen molar-refractivity contribution >= 4 is 17.2 Å². The molecule has 134 valence electrons. The van der Waals surface area contributed by atoms with Crippen molar-refractivity contribution < 1.29 is 14.1 Å². The zero-order valence-electron chi connectivity index (χ0n) is 14.4. The highest BCUT2D eigenvalue weighted by atomic mass is 32.1. The average molecular weight is 369 g/mol. The van der Waals surface area contributed by atoms with Crippen molar-refractivity contribution in [3.05, 3.63) is 63.9 Å². The van der Waals surface area contributed by atoms with Gasteiger partial charge in [-0.15, -0.1) is 11.3 Å². The number of thiophene rings is 1. The van der Waals surface area contributed by atoms with Gasteiger partial charge in [-0.3, -0.25) is 4.79 Å². The number of ether oxygens (including phenoxy) is 1. The molecule has 26 heavy (non-hydrogen) atoms. The molecule has 1 amide bonds. The standard InChI is InChI=1S/C19H19N3O3S/c1-13-4-2-5-15(10-13)24-8-7-17-20-18(25-21-17)14-11-22(12-14)19(23)16-6-3-9-26-16/h2-6,9-10,14H,7-8,11-12H2,1H3. The fraction of sp³-hybridized carbons (Fsp3) is 0.316. The van der Waals surface area contributed by atoms with E-state index in [4.69, 9.17) is 9.26 Å². The van der Waals surface area contributed by atoms with Crippen LogP contribution in [0, 0.1) is 6.92 Å². The third-order valence-electron chi connectivity index (χ3n) is 4.32. The van der Waals surface area contributed by atoms with Crippen LogP contribution < -0.4 is 4.74 Å². The number of rotatable bonds is 6. The third kappa shape index (κ3) is 3.62. The molecule has 7 heteroatoms. The number of amides is 1. The van der Waals surface area contributed by atoms with Crippen LogP contribution in [0.25, 0.3) is 0 Å². The smallest absolute Gasteiger partial charge is 0.263 e. The van der Waals surface area contributed by atoms with E-state index in [2.05, 4.69) is 10.1 Å². The fourth-order valence-corrected chi connectivity index (χ4v) is 3.55. The summed E-state index contributed by atoms with van der Waals surface area (Å²) in [5.41, 5.74) is 1.16. The number of benzene rings is 1. The van der Waals surface area contributed by atoms with Crippen molar-refractivity contribution in [1.29, 1.82) is 0 Å². The molecule has 1 aliphatic heterocycles. The third-order valence-corrected chi connectivity index (χ3v) is 5.18. The molecule has 0 saturated carbocycles. The summed E-state index contributed by atoms with van der Waals surface area (Å²) in [6.45, 7) is 3.77. The Morgan fingerprint density at radius 1 is 1.35 bits per heavy atom. The second-order valence-electron chi connectivity index (χ2n) is 6.35. The van der Waals surface area contributed by atoms with Crippen LogP contribution in [0.4, 0.5) is 0 Å². The molecule has 0 atom stereocenters. The minimum atomic E-state index is 0.0718. The van der Waals surface area contributed by atoms with E-state index in [-0.39, 0.29) is 11.8 Å². The van der Waals surface area contributed by atoms with Gasteiger partial charge in [0.1, 0.15) is 5.75 Å². The first-order valence-corrected chi connectivity index (χ1v) is 9.42. The number of likely N-dealkylation sites (tertiary alicyclic amines) is 1. The summed E-state index contributed by atoms with van der Waals surface area (Å²) in [5.74, 6) is 2.28. The van der Waals surface area contributed by atoms with Gasteiger partial charge in [-0.2, -0.15) is 4.98 Å². The van der Waals surface area contributed by atoms with Gasteiger partial charge in [-0.1, -0.05) is 23.4 Å². The lowest BCUT2D eigenvalue weighted by Gasteiger charge is -2.36. The van der Waals surface area contributed by atoms with Crippen LogP contribution in [0.2, 0.25) is 0 Å². The van der Waals surface area contributed by atoms with Crippen molar-refractivity contribution in [3.8, 4) is 5.75 Å². The molecule has 2 aromatic heterocycles. The Morgan fingerprint density at radius 2 is 2.23 bits per heavy atom. The van der Waals surface area contributed by atoms with Gasteiger partial charge in [0.25, 0.3) is 5.91 Å². The Bertz CT molecular complexity index is 885. The van der Waals surface area contributed by atoms with Gasteiger partial charge in [0.05, 0.1) is 17.4 Å². The van der Waals surface area contributed by atoms with E-state index in [0.717, 1.165) is 16.2 Å². The minimum Gasteiger partial charge on any atom is -0.493 e. The molecule has 0 unspecified atom stereocenters. The van der Waals surface area contributed by atoms with Gasteiger partial charge >= 0.3 is 0 Å². The van der Waals surface area contributed by atoms with E-state index in [9.17, 15) is 4.79 Å². The van der Waals surface area contributed by atoms with Crippen molar-refractivity contribution in [2.45, 2.75) is 19.3 Å². The number of hydrogen-bond donors (Lipinski definition) is 0. The molecule has 4 rings (SSSR count). The molecule has 1 fully saturated rings. The van der Waals surface area contributed by atoms with E-state index in [1.54, 1.807) is 4.90 Å². The Kier molecular flexibility index (Phi) is 4.71. The SMILES string of the molecule is Cc1cccc(OCCc2noc(C3CN(C(=O)c4cccs4)C3)n2)c1. The van der Waals surface area contributed by atoms with E-state index >= 15 is 0 Å². The van der Waals surface area contributed by atoms with E-state index < -0.39 is 0 Å². The minimum absolute atomic E-state index is 0.0718. The number of aromatic nitrogens is 2. The van der Waals surface area contributed by atoms with Gasteiger partial charge < -0.3 is 14.2 Å². The first kappa shape index (κ1) is 16.8. The molecule has 6 nitrogen and oxygen atoms in total. The molecular formula is C19H19N3O3S. The number of nitrogens with zero attached hydrogens (tertiary/aromatic N) is 3. The van der Waals surface area contributed by atoms with Crippen LogP contribution in [0.3, 0.4) is 0 Å². The van der Waals surface area contributed by atoms with Gasteiger partial charge in [-0.25, -0.2) is 0 Å². The highest BCUT2D eigenvalue weighted by molar-refractivity contribution is 7.12. The number of hydrogen-bond acceptors (Lipinski definition) is 6. The van der Waals surface area contributed by atoms with Crippen molar-refractivity contribution in [3.63, 3.8) is 0 Å². The number of carbonyl (C=O) groups is 1.